The van der Waals surface area contributed by atoms with Crippen molar-refractivity contribution in [3.63, 3.8) is 0 Å². The van der Waals surface area contributed by atoms with Crippen molar-refractivity contribution in [1.82, 2.24) is 4.42 Å². The lowest BCUT2D eigenvalue weighted by Gasteiger charge is -2.10. The van der Waals surface area contributed by atoms with E-state index in [0.29, 0.717) is 0 Å². The Morgan fingerprint density at radius 2 is 2.12 bits per heavy atom. The van der Waals surface area contributed by atoms with Gasteiger partial charge in [-0.25, -0.2) is 4.42 Å². The molecule has 0 aromatic heterocycles. The summed E-state index contributed by atoms with van der Waals surface area (Å²) in [7, 11) is 0. The molecule has 0 saturated heterocycles. The van der Waals surface area contributed by atoms with Crippen LogP contribution in [0.15, 0.2) is 0 Å². The Labute approximate surface area is 60.7 Å². The second-order valence-electron chi connectivity index (χ2n) is 1.74. The molecule has 0 N–H and O–H groups in total. The zero-order valence-electron chi connectivity index (χ0n) is 5.19. The molecular formula is C5H11Cl2N. The monoisotopic (exact) mass is 155 g/mol. The van der Waals surface area contributed by atoms with Crippen LogP contribution >= 0.6 is 23.4 Å². The lowest BCUT2D eigenvalue weighted by Crippen LogP contribution is -2.18. The van der Waals surface area contributed by atoms with Crippen molar-refractivity contribution in [2.45, 2.75) is 19.2 Å². The first kappa shape index (κ1) is 8.54. The third-order valence-electron chi connectivity index (χ3n) is 0.793. The van der Waals surface area contributed by atoms with Gasteiger partial charge >= 0.3 is 0 Å². The summed E-state index contributed by atoms with van der Waals surface area (Å²) in [5, 5.41) is 0.146. The highest BCUT2D eigenvalue weighted by Gasteiger charge is 2.00. The van der Waals surface area contributed by atoms with E-state index >= 15 is 0 Å². The molecule has 0 rings (SSSR count). The fraction of sp³-hybridized carbons (Fsp3) is 1.00. The highest BCUT2D eigenvalue weighted by molar-refractivity contribution is 6.21. The first-order valence-electron chi connectivity index (χ1n) is 2.71. The van der Waals surface area contributed by atoms with Crippen molar-refractivity contribution in [3.05, 3.63) is 0 Å². The third kappa shape index (κ3) is 4.69. The van der Waals surface area contributed by atoms with Gasteiger partial charge in [-0.1, -0.05) is 6.92 Å². The van der Waals surface area contributed by atoms with Gasteiger partial charge in [0, 0.05) is 18.5 Å². The molecule has 0 fully saturated rings. The van der Waals surface area contributed by atoms with Crippen molar-refractivity contribution >= 4 is 23.4 Å². The van der Waals surface area contributed by atoms with E-state index in [4.69, 9.17) is 23.4 Å². The van der Waals surface area contributed by atoms with Crippen molar-refractivity contribution in [1.29, 1.82) is 0 Å². The van der Waals surface area contributed by atoms with E-state index < -0.39 is 0 Å². The standard InChI is InChI=1S/C5H11Cl2N/c1-3-8(7)4-5(2)6/h5H,3-4H2,1-2H3. The van der Waals surface area contributed by atoms with Gasteiger partial charge < -0.3 is 0 Å². The number of hydrogen-bond acceptors (Lipinski definition) is 1. The number of nitrogens with zero attached hydrogens (tertiary/aromatic N) is 1. The average Bonchev–Trinajstić information content (AvgIpc) is 1.65. The molecule has 50 valence electrons. The molecule has 1 nitrogen and oxygen atoms in total. The fourth-order valence-corrected chi connectivity index (χ4v) is 0.846. The molecule has 0 spiro atoms. The molecular weight excluding hydrogens is 145 g/mol. The Kier molecular flexibility index (Phi) is 4.72. The average molecular weight is 156 g/mol. The SMILES string of the molecule is CCN(Cl)CC(C)Cl. The maximum absolute atomic E-state index is 5.63. The smallest absolute Gasteiger partial charge is 0.0448 e. The van der Waals surface area contributed by atoms with Crippen LogP contribution in [0.25, 0.3) is 0 Å². The fourth-order valence-electron chi connectivity index (χ4n) is 0.402. The Morgan fingerprint density at radius 1 is 1.62 bits per heavy atom. The molecule has 8 heavy (non-hydrogen) atoms. The maximum Gasteiger partial charge on any atom is 0.0448 e. The van der Waals surface area contributed by atoms with E-state index in [1.165, 1.54) is 0 Å². The van der Waals surface area contributed by atoms with Crippen LogP contribution in [0.5, 0.6) is 0 Å². The molecule has 3 heteroatoms. The Bertz CT molecular complexity index is 56.4. The predicted octanol–water partition coefficient (Wildman–Crippen LogP) is 2.09. The molecule has 1 unspecified atom stereocenters. The molecule has 0 aromatic carbocycles. The lowest BCUT2D eigenvalue weighted by atomic mass is 10.5. The van der Waals surface area contributed by atoms with Gasteiger partial charge in [-0.3, -0.25) is 0 Å². The van der Waals surface area contributed by atoms with Gasteiger partial charge in [0.2, 0.25) is 0 Å². The molecule has 0 radical (unpaired) electrons. The number of alkyl halides is 1. The van der Waals surface area contributed by atoms with Crippen LogP contribution < -0.4 is 0 Å². The summed E-state index contributed by atoms with van der Waals surface area (Å²) in [6.07, 6.45) is 0. The van der Waals surface area contributed by atoms with Gasteiger partial charge in [0.1, 0.15) is 0 Å². The van der Waals surface area contributed by atoms with Crippen LogP contribution in [-0.2, 0) is 0 Å². The Morgan fingerprint density at radius 3 is 2.25 bits per heavy atom. The minimum absolute atomic E-state index is 0.146. The van der Waals surface area contributed by atoms with Gasteiger partial charge in [-0.05, 0) is 18.7 Å². The normalized spacial score (nSPS) is 14.6. The van der Waals surface area contributed by atoms with E-state index in [9.17, 15) is 0 Å². The molecule has 0 aliphatic rings. The van der Waals surface area contributed by atoms with E-state index in [-0.39, 0.29) is 5.38 Å². The van der Waals surface area contributed by atoms with E-state index in [2.05, 4.69) is 0 Å². The second-order valence-corrected chi connectivity index (χ2v) is 2.97. The van der Waals surface area contributed by atoms with Gasteiger partial charge in [-0.15, -0.1) is 11.6 Å². The van der Waals surface area contributed by atoms with Crippen molar-refractivity contribution in [3.8, 4) is 0 Å². The van der Waals surface area contributed by atoms with Crippen molar-refractivity contribution in [2.75, 3.05) is 13.1 Å². The number of hydrogen-bond donors (Lipinski definition) is 0. The zero-order chi connectivity index (χ0) is 6.57. The summed E-state index contributed by atoms with van der Waals surface area (Å²) in [6, 6.07) is 0. The van der Waals surface area contributed by atoms with Crippen LogP contribution in [0.2, 0.25) is 0 Å². The highest BCUT2D eigenvalue weighted by Crippen LogP contribution is 2.00. The van der Waals surface area contributed by atoms with Gasteiger partial charge in [0.05, 0.1) is 0 Å². The second kappa shape index (κ2) is 4.42. The molecule has 0 amide bonds. The largest absolute Gasteiger partial charge is 0.219 e. The predicted molar refractivity (Wildman–Crippen MR) is 38.4 cm³/mol. The summed E-state index contributed by atoms with van der Waals surface area (Å²) in [6.45, 7) is 5.51. The lowest BCUT2D eigenvalue weighted by molar-refractivity contribution is 0.481. The number of rotatable bonds is 3. The number of halogens is 2. The summed E-state index contributed by atoms with van der Waals surface area (Å²) >= 11 is 11.2. The topological polar surface area (TPSA) is 3.24 Å². The van der Waals surface area contributed by atoms with E-state index in [1.54, 1.807) is 4.42 Å². The van der Waals surface area contributed by atoms with Crippen LogP contribution in [0.4, 0.5) is 0 Å². The Balaban J connectivity index is 3.10. The summed E-state index contributed by atoms with van der Waals surface area (Å²) in [5.41, 5.74) is 0. The van der Waals surface area contributed by atoms with Crippen LogP contribution in [0.1, 0.15) is 13.8 Å². The van der Waals surface area contributed by atoms with Gasteiger partial charge in [0.25, 0.3) is 0 Å². The highest BCUT2D eigenvalue weighted by atomic mass is 35.5. The zero-order valence-corrected chi connectivity index (χ0v) is 6.71. The quantitative estimate of drug-likeness (QED) is 0.446. The van der Waals surface area contributed by atoms with Crippen LogP contribution in [-0.4, -0.2) is 22.9 Å². The molecule has 0 bridgehead atoms. The molecule has 0 aliphatic carbocycles. The van der Waals surface area contributed by atoms with E-state index in [1.807, 2.05) is 13.8 Å². The van der Waals surface area contributed by atoms with Crippen molar-refractivity contribution < 1.29 is 0 Å². The van der Waals surface area contributed by atoms with Crippen LogP contribution in [0.3, 0.4) is 0 Å². The minimum Gasteiger partial charge on any atom is -0.219 e. The summed E-state index contributed by atoms with van der Waals surface area (Å²) < 4.78 is 1.66. The first-order valence-corrected chi connectivity index (χ1v) is 3.49. The van der Waals surface area contributed by atoms with Gasteiger partial charge in [-0.2, -0.15) is 0 Å². The maximum atomic E-state index is 5.63. The van der Waals surface area contributed by atoms with Crippen molar-refractivity contribution in [2.24, 2.45) is 0 Å². The minimum atomic E-state index is 0.146. The molecule has 0 aromatic rings. The summed E-state index contributed by atoms with van der Waals surface area (Å²) in [4.78, 5) is 0. The Hall–Kier alpha value is 0.540. The van der Waals surface area contributed by atoms with Gasteiger partial charge in [0.15, 0.2) is 0 Å². The van der Waals surface area contributed by atoms with Crippen LogP contribution in [0, 0.1) is 0 Å². The third-order valence-corrected chi connectivity index (χ3v) is 1.31. The summed E-state index contributed by atoms with van der Waals surface area (Å²) in [5.74, 6) is 0. The first-order chi connectivity index (χ1) is 3.66. The molecule has 0 heterocycles. The molecule has 1 atom stereocenters. The molecule has 0 aliphatic heterocycles. The molecule has 0 saturated carbocycles. The van der Waals surface area contributed by atoms with E-state index in [0.717, 1.165) is 13.1 Å².